The molecule has 19 heavy (non-hydrogen) atoms. The molecule has 0 fully saturated rings. The van der Waals surface area contributed by atoms with Crippen molar-refractivity contribution in [1.82, 2.24) is 0 Å². The molecular formula is C16H15NOS. The fourth-order valence-corrected chi connectivity index (χ4v) is 2.91. The molecule has 96 valence electrons. The zero-order chi connectivity index (χ0) is 13.2. The van der Waals surface area contributed by atoms with Gasteiger partial charge in [0.1, 0.15) is 5.75 Å². The first-order valence-electron chi connectivity index (χ1n) is 6.22. The number of anilines is 1. The Morgan fingerprint density at radius 1 is 1.16 bits per heavy atom. The Hall–Kier alpha value is -2.00. The number of para-hydroxylation sites is 1. The number of phenols is 1. The molecule has 3 aromatic rings. The molecule has 2 nitrogen and oxygen atoms in total. The summed E-state index contributed by atoms with van der Waals surface area (Å²) in [7, 11) is 0. The Morgan fingerprint density at radius 2 is 2.05 bits per heavy atom. The summed E-state index contributed by atoms with van der Waals surface area (Å²) in [6.07, 6.45) is 0. The Balaban J connectivity index is 1.80. The standard InChI is InChI=1S/C16H15NOS/c1-11-3-2-4-13(16(11)18)10-17-14-5-6-15-12(9-14)7-8-19-15/h2-9,17-18H,10H2,1H3. The third kappa shape index (κ3) is 2.42. The van der Waals surface area contributed by atoms with Crippen molar-refractivity contribution < 1.29 is 5.11 Å². The molecule has 0 atom stereocenters. The van der Waals surface area contributed by atoms with E-state index in [2.05, 4.69) is 35.0 Å². The quantitative estimate of drug-likeness (QED) is 0.732. The fraction of sp³-hybridized carbons (Fsp3) is 0.125. The second kappa shape index (κ2) is 4.94. The predicted molar refractivity (Wildman–Crippen MR) is 82.0 cm³/mol. The summed E-state index contributed by atoms with van der Waals surface area (Å²) >= 11 is 1.75. The zero-order valence-electron chi connectivity index (χ0n) is 10.7. The number of nitrogens with one attached hydrogen (secondary N) is 1. The molecule has 0 aliphatic rings. The number of thiophene rings is 1. The van der Waals surface area contributed by atoms with Gasteiger partial charge in [0.15, 0.2) is 0 Å². The molecule has 2 N–H and O–H groups in total. The van der Waals surface area contributed by atoms with Crippen molar-refractivity contribution in [2.45, 2.75) is 13.5 Å². The maximum absolute atomic E-state index is 9.98. The summed E-state index contributed by atoms with van der Waals surface area (Å²) in [6.45, 7) is 2.54. The van der Waals surface area contributed by atoms with Crippen LogP contribution >= 0.6 is 11.3 Å². The molecule has 3 heteroatoms. The number of hydrogen-bond acceptors (Lipinski definition) is 3. The summed E-state index contributed by atoms with van der Waals surface area (Å²) in [4.78, 5) is 0. The number of benzene rings is 2. The van der Waals surface area contributed by atoms with Crippen LogP contribution in [0.15, 0.2) is 47.8 Å². The van der Waals surface area contributed by atoms with Crippen LogP contribution in [-0.4, -0.2) is 5.11 Å². The largest absolute Gasteiger partial charge is 0.507 e. The molecule has 1 heterocycles. The average Bonchev–Trinajstić information content (AvgIpc) is 2.88. The average molecular weight is 269 g/mol. The van der Waals surface area contributed by atoms with Crippen LogP contribution in [0.5, 0.6) is 5.75 Å². The molecule has 0 unspecified atom stereocenters. The minimum atomic E-state index is 0.381. The summed E-state index contributed by atoms with van der Waals surface area (Å²) < 4.78 is 1.30. The number of aromatic hydroxyl groups is 1. The lowest BCUT2D eigenvalue weighted by molar-refractivity contribution is 0.465. The minimum Gasteiger partial charge on any atom is -0.507 e. The normalized spacial score (nSPS) is 10.8. The van der Waals surface area contributed by atoms with Crippen LogP contribution in [0, 0.1) is 6.92 Å². The molecule has 0 spiro atoms. The van der Waals surface area contributed by atoms with Gasteiger partial charge >= 0.3 is 0 Å². The van der Waals surface area contributed by atoms with E-state index in [0.717, 1.165) is 16.8 Å². The van der Waals surface area contributed by atoms with Gasteiger partial charge in [-0.1, -0.05) is 18.2 Å². The van der Waals surface area contributed by atoms with Crippen molar-refractivity contribution >= 4 is 27.1 Å². The first-order chi connectivity index (χ1) is 9.24. The van der Waals surface area contributed by atoms with Crippen molar-refractivity contribution in [3.63, 3.8) is 0 Å². The molecule has 0 bridgehead atoms. The van der Waals surface area contributed by atoms with Crippen molar-refractivity contribution in [2.75, 3.05) is 5.32 Å². The molecule has 0 aliphatic heterocycles. The van der Waals surface area contributed by atoms with Gasteiger partial charge in [-0.25, -0.2) is 0 Å². The maximum atomic E-state index is 9.98. The first kappa shape index (κ1) is 12.1. The lowest BCUT2D eigenvalue weighted by Crippen LogP contribution is -1.99. The van der Waals surface area contributed by atoms with E-state index in [0.29, 0.717) is 12.3 Å². The lowest BCUT2D eigenvalue weighted by atomic mass is 10.1. The number of rotatable bonds is 3. The number of hydrogen-bond donors (Lipinski definition) is 2. The van der Waals surface area contributed by atoms with E-state index in [1.807, 2.05) is 25.1 Å². The van der Waals surface area contributed by atoms with E-state index < -0.39 is 0 Å². The predicted octanol–water partition coefficient (Wildman–Crippen LogP) is 4.53. The first-order valence-corrected chi connectivity index (χ1v) is 7.10. The van der Waals surface area contributed by atoms with Crippen molar-refractivity contribution in [3.05, 3.63) is 59.0 Å². The fourth-order valence-electron chi connectivity index (χ4n) is 2.14. The van der Waals surface area contributed by atoms with Gasteiger partial charge in [-0.15, -0.1) is 11.3 Å². The molecule has 3 rings (SSSR count). The van der Waals surface area contributed by atoms with Gasteiger partial charge in [-0.3, -0.25) is 0 Å². The van der Waals surface area contributed by atoms with Gasteiger partial charge in [0.25, 0.3) is 0 Å². The second-order valence-corrected chi connectivity index (χ2v) is 5.56. The van der Waals surface area contributed by atoms with Gasteiger partial charge in [0.05, 0.1) is 0 Å². The third-order valence-electron chi connectivity index (χ3n) is 3.26. The Bertz CT molecular complexity index is 718. The highest BCUT2D eigenvalue weighted by atomic mass is 32.1. The van der Waals surface area contributed by atoms with E-state index in [1.54, 1.807) is 11.3 Å². The van der Waals surface area contributed by atoms with Crippen LogP contribution in [0.1, 0.15) is 11.1 Å². The zero-order valence-corrected chi connectivity index (χ0v) is 11.5. The monoisotopic (exact) mass is 269 g/mol. The lowest BCUT2D eigenvalue weighted by Gasteiger charge is -2.09. The topological polar surface area (TPSA) is 32.3 Å². The van der Waals surface area contributed by atoms with Gasteiger partial charge < -0.3 is 10.4 Å². The molecule has 0 radical (unpaired) electrons. The van der Waals surface area contributed by atoms with E-state index >= 15 is 0 Å². The molecule has 2 aromatic carbocycles. The molecule has 0 saturated carbocycles. The smallest absolute Gasteiger partial charge is 0.123 e. The second-order valence-electron chi connectivity index (χ2n) is 4.61. The number of aryl methyl sites for hydroxylation is 1. The van der Waals surface area contributed by atoms with Gasteiger partial charge in [0, 0.05) is 22.5 Å². The Labute approximate surface area is 116 Å². The summed E-state index contributed by atoms with van der Waals surface area (Å²) in [5.74, 6) is 0.381. The molecule has 0 saturated heterocycles. The van der Waals surface area contributed by atoms with Gasteiger partial charge in [-0.2, -0.15) is 0 Å². The van der Waals surface area contributed by atoms with Crippen LogP contribution in [0.4, 0.5) is 5.69 Å². The summed E-state index contributed by atoms with van der Waals surface area (Å²) in [5, 5.41) is 16.7. The highest BCUT2D eigenvalue weighted by Crippen LogP contribution is 2.26. The Kier molecular flexibility index (Phi) is 3.13. The van der Waals surface area contributed by atoms with E-state index in [-0.39, 0.29) is 0 Å². The minimum absolute atomic E-state index is 0.381. The SMILES string of the molecule is Cc1cccc(CNc2ccc3sccc3c2)c1O. The van der Waals surface area contributed by atoms with Gasteiger partial charge in [0.2, 0.25) is 0 Å². The van der Waals surface area contributed by atoms with Crippen LogP contribution in [0.25, 0.3) is 10.1 Å². The molecule has 1 aromatic heterocycles. The maximum Gasteiger partial charge on any atom is 0.123 e. The van der Waals surface area contributed by atoms with E-state index in [9.17, 15) is 5.11 Å². The van der Waals surface area contributed by atoms with Crippen molar-refractivity contribution in [3.8, 4) is 5.75 Å². The van der Waals surface area contributed by atoms with E-state index in [1.165, 1.54) is 10.1 Å². The van der Waals surface area contributed by atoms with Crippen molar-refractivity contribution in [1.29, 1.82) is 0 Å². The van der Waals surface area contributed by atoms with Crippen LogP contribution in [0.3, 0.4) is 0 Å². The molecule has 0 amide bonds. The van der Waals surface area contributed by atoms with Crippen LogP contribution in [-0.2, 0) is 6.54 Å². The van der Waals surface area contributed by atoms with Crippen LogP contribution in [0.2, 0.25) is 0 Å². The summed E-state index contributed by atoms with van der Waals surface area (Å²) in [6, 6.07) is 14.3. The molecular weight excluding hydrogens is 254 g/mol. The van der Waals surface area contributed by atoms with E-state index in [4.69, 9.17) is 0 Å². The Morgan fingerprint density at radius 3 is 2.95 bits per heavy atom. The molecule has 0 aliphatic carbocycles. The number of phenolic OH excluding ortho intramolecular Hbond substituents is 1. The third-order valence-corrected chi connectivity index (χ3v) is 4.15. The highest BCUT2D eigenvalue weighted by Gasteiger charge is 2.03. The summed E-state index contributed by atoms with van der Waals surface area (Å²) in [5.41, 5.74) is 2.91. The highest BCUT2D eigenvalue weighted by molar-refractivity contribution is 7.17. The van der Waals surface area contributed by atoms with Crippen molar-refractivity contribution in [2.24, 2.45) is 0 Å². The van der Waals surface area contributed by atoms with Crippen LogP contribution < -0.4 is 5.32 Å². The van der Waals surface area contributed by atoms with Gasteiger partial charge in [-0.05, 0) is 47.5 Å². The number of fused-ring (bicyclic) bond motifs is 1.